The van der Waals surface area contributed by atoms with Crippen LogP contribution in [-0.4, -0.2) is 37.5 Å². The van der Waals surface area contributed by atoms with Gasteiger partial charge >= 0.3 is 0 Å². The van der Waals surface area contributed by atoms with Crippen LogP contribution in [0.2, 0.25) is 0 Å². The fraction of sp³-hybridized carbons (Fsp3) is 0.353. The number of thioether (sulfide) groups is 1. The predicted molar refractivity (Wildman–Crippen MR) is 95.4 cm³/mol. The van der Waals surface area contributed by atoms with Crippen LogP contribution < -0.4 is 4.90 Å². The van der Waals surface area contributed by atoms with E-state index < -0.39 is 0 Å². The molecule has 1 aliphatic heterocycles. The molecule has 0 spiro atoms. The number of aryl methyl sites for hydroxylation is 3. The molecule has 1 N–H and O–H groups in total. The highest BCUT2D eigenvalue weighted by molar-refractivity contribution is 8.00. The summed E-state index contributed by atoms with van der Waals surface area (Å²) in [6, 6.07) is 8.08. The maximum absolute atomic E-state index is 12.8. The molecule has 0 radical (unpaired) electrons. The number of aromatic amines is 1. The molecule has 1 atom stereocenters. The number of H-pyrrole nitrogens is 1. The lowest BCUT2D eigenvalue weighted by Gasteiger charge is -2.15. The molecule has 0 saturated carbocycles. The number of nitrogens with zero attached hydrogens (tertiary/aromatic N) is 4. The number of nitrogens with one attached hydrogen (secondary N) is 1. The Labute approximate surface area is 144 Å². The largest absolute Gasteiger partial charge is 0.333 e. The average molecular weight is 341 g/mol. The zero-order valence-electron chi connectivity index (χ0n) is 13.9. The van der Waals surface area contributed by atoms with E-state index in [1.54, 1.807) is 4.68 Å². The maximum Gasteiger partial charge on any atom is 0.241 e. The second-order valence-electron chi connectivity index (χ2n) is 6.22. The Balaban J connectivity index is 1.54. The molecule has 1 amide bonds. The molecule has 1 aliphatic rings. The summed E-state index contributed by atoms with van der Waals surface area (Å²) in [6.45, 7) is 4.71. The minimum absolute atomic E-state index is 0.109. The Kier molecular flexibility index (Phi) is 3.60. The molecule has 4 rings (SSSR count). The number of rotatable bonds is 3. The van der Waals surface area contributed by atoms with E-state index >= 15 is 0 Å². The number of hydrogen-bond acceptors (Lipinski definition) is 4. The molecule has 2 aromatic heterocycles. The molecule has 3 heterocycles. The molecule has 24 heavy (non-hydrogen) atoms. The minimum atomic E-state index is -0.109. The van der Waals surface area contributed by atoms with Crippen LogP contribution in [0.4, 0.5) is 5.82 Å². The normalized spacial score (nSPS) is 18.0. The van der Waals surface area contributed by atoms with Gasteiger partial charge in [0.15, 0.2) is 5.16 Å². The van der Waals surface area contributed by atoms with Crippen molar-refractivity contribution in [3.8, 4) is 0 Å². The van der Waals surface area contributed by atoms with Crippen molar-refractivity contribution in [2.24, 2.45) is 7.05 Å². The molecule has 124 valence electrons. The molecule has 1 aromatic carbocycles. The first kappa shape index (κ1) is 15.3. The van der Waals surface area contributed by atoms with Crippen LogP contribution in [-0.2, 0) is 11.8 Å². The van der Waals surface area contributed by atoms with E-state index in [0.29, 0.717) is 0 Å². The molecule has 1 saturated heterocycles. The van der Waals surface area contributed by atoms with Crippen LogP contribution in [0.15, 0.2) is 29.4 Å². The van der Waals surface area contributed by atoms with Gasteiger partial charge in [0, 0.05) is 19.7 Å². The fourth-order valence-corrected chi connectivity index (χ4v) is 4.17. The van der Waals surface area contributed by atoms with Crippen LogP contribution in [0.25, 0.3) is 11.0 Å². The molecule has 7 heteroatoms. The maximum atomic E-state index is 12.8. The number of imidazole rings is 1. The van der Waals surface area contributed by atoms with Gasteiger partial charge in [-0.05, 0) is 38.0 Å². The zero-order chi connectivity index (χ0) is 16.8. The van der Waals surface area contributed by atoms with Gasteiger partial charge in [-0.1, -0.05) is 17.8 Å². The van der Waals surface area contributed by atoms with E-state index in [-0.39, 0.29) is 11.2 Å². The summed E-state index contributed by atoms with van der Waals surface area (Å²) in [6.07, 6.45) is 0.809. The molecule has 6 nitrogen and oxygen atoms in total. The smallest absolute Gasteiger partial charge is 0.241 e. The Morgan fingerprint density at radius 2 is 2.12 bits per heavy atom. The van der Waals surface area contributed by atoms with Crippen LogP contribution in [0, 0.1) is 13.8 Å². The van der Waals surface area contributed by atoms with E-state index in [2.05, 4.69) is 28.1 Å². The van der Waals surface area contributed by atoms with Gasteiger partial charge in [0.2, 0.25) is 5.91 Å². The van der Waals surface area contributed by atoms with Gasteiger partial charge in [-0.25, -0.2) is 4.98 Å². The SMILES string of the molecule is Cc1ccc2nc(S[C@@H]3CCN(c4cc(C)nn4C)C3=O)[nH]c2c1. The van der Waals surface area contributed by atoms with E-state index in [9.17, 15) is 4.79 Å². The van der Waals surface area contributed by atoms with Gasteiger partial charge in [0.05, 0.1) is 22.0 Å². The highest BCUT2D eigenvalue weighted by atomic mass is 32.2. The molecular formula is C17H19N5OS. The lowest BCUT2D eigenvalue weighted by molar-refractivity contribution is -0.116. The summed E-state index contributed by atoms with van der Waals surface area (Å²) >= 11 is 1.51. The summed E-state index contributed by atoms with van der Waals surface area (Å²) in [5.74, 6) is 0.987. The monoisotopic (exact) mass is 341 g/mol. The lowest BCUT2D eigenvalue weighted by atomic mass is 10.2. The summed E-state index contributed by atoms with van der Waals surface area (Å²) in [5.41, 5.74) is 4.07. The summed E-state index contributed by atoms with van der Waals surface area (Å²) < 4.78 is 1.77. The van der Waals surface area contributed by atoms with Crippen molar-refractivity contribution in [3.63, 3.8) is 0 Å². The molecular weight excluding hydrogens is 322 g/mol. The van der Waals surface area contributed by atoms with Gasteiger partial charge in [-0.15, -0.1) is 0 Å². The van der Waals surface area contributed by atoms with Gasteiger partial charge in [0.25, 0.3) is 0 Å². The van der Waals surface area contributed by atoms with Crippen LogP contribution in [0.5, 0.6) is 0 Å². The molecule has 0 unspecified atom stereocenters. The number of hydrogen-bond donors (Lipinski definition) is 1. The number of carbonyl (C=O) groups is 1. The number of aromatic nitrogens is 4. The first-order valence-electron chi connectivity index (χ1n) is 7.96. The number of benzene rings is 1. The first-order valence-corrected chi connectivity index (χ1v) is 8.84. The quantitative estimate of drug-likeness (QED) is 0.795. The average Bonchev–Trinajstić information content (AvgIpc) is 3.18. The van der Waals surface area contributed by atoms with Crippen molar-refractivity contribution in [1.29, 1.82) is 0 Å². The van der Waals surface area contributed by atoms with Crippen molar-refractivity contribution in [2.45, 2.75) is 30.7 Å². The van der Waals surface area contributed by atoms with Crippen molar-refractivity contribution >= 4 is 34.5 Å². The number of carbonyl (C=O) groups excluding carboxylic acids is 1. The van der Waals surface area contributed by atoms with E-state index in [4.69, 9.17) is 0 Å². The Hall–Kier alpha value is -2.28. The molecule has 0 aliphatic carbocycles. The number of anilines is 1. The van der Waals surface area contributed by atoms with Crippen molar-refractivity contribution in [3.05, 3.63) is 35.5 Å². The third kappa shape index (κ3) is 2.58. The van der Waals surface area contributed by atoms with Crippen LogP contribution >= 0.6 is 11.8 Å². The highest BCUT2D eigenvalue weighted by Crippen LogP contribution is 2.32. The third-order valence-electron chi connectivity index (χ3n) is 4.28. The van der Waals surface area contributed by atoms with Crippen LogP contribution in [0.3, 0.4) is 0 Å². The van der Waals surface area contributed by atoms with Crippen molar-refractivity contribution in [2.75, 3.05) is 11.4 Å². The van der Waals surface area contributed by atoms with Crippen molar-refractivity contribution in [1.82, 2.24) is 19.7 Å². The first-order chi connectivity index (χ1) is 11.5. The molecule has 3 aromatic rings. The standard InChI is InChI=1S/C17H19N5OS/c1-10-4-5-12-13(8-10)19-17(18-12)24-14-6-7-22(16(14)23)15-9-11(2)20-21(15)3/h4-5,8-9,14H,6-7H2,1-3H3,(H,18,19)/t14-/m1/s1. The van der Waals surface area contributed by atoms with E-state index in [1.807, 2.05) is 37.1 Å². The lowest BCUT2D eigenvalue weighted by Crippen LogP contribution is -2.29. The van der Waals surface area contributed by atoms with Gasteiger partial charge in [0.1, 0.15) is 5.82 Å². The second kappa shape index (κ2) is 5.66. The highest BCUT2D eigenvalue weighted by Gasteiger charge is 2.35. The minimum Gasteiger partial charge on any atom is -0.333 e. The Morgan fingerprint density at radius 3 is 2.88 bits per heavy atom. The van der Waals surface area contributed by atoms with Gasteiger partial charge in [-0.2, -0.15) is 5.10 Å². The summed E-state index contributed by atoms with van der Waals surface area (Å²) in [5, 5.41) is 5.03. The molecule has 1 fully saturated rings. The Bertz CT molecular complexity index is 928. The Morgan fingerprint density at radius 1 is 1.29 bits per heavy atom. The van der Waals surface area contributed by atoms with E-state index in [0.717, 1.165) is 40.7 Å². The zero-order valence-corrected chi connectivity index (χ0v) is 14.7. The van der Waals surface area contributed by atoms with Gasteiger partial charge in [-0.3, -0.25) is 14.4 Å². The van der Waals surface area contributed by atoms with Gasteiger partial charge < -0.3 is 4.98 Å². The number of fused-ring (bicyclic) bond motifs is 1. The van der Waals surface area contributed by atoms with Crippen molar-refractivity contribution < 1.29 is 4.79 Å². The van der Waals surface area contributed by atoms with E-state index in [1.165, 1.54) is 17.3 Å². The second-order valence-corrected chi connectivity index (χ2v) is 7.41. The summed E-state index contributed by atoms with van der Waals surface area (Å²) in [4.78, 5) is 22.5. The molecule has 0 bridgehead atoms. The topological polar surface area (TPSA) is 66.8 Å². The predicted octanol–water partition coefficient (Wildman–Crippen LogP) is 2.81. The fourth-order valence-electron chi connectivity index (χ4n) is 3.13. The number of amides is 1. The third-order valence-corrected chi connectivity index (χ3v) is 5.42. The summed E-state index contributed by atoms with van der Waals surface area (Å²) in [7, 11) is 1.87. The van der Waals surface area contributed by atoms with Crippen LogP contribution in [0.1, 0.15) is 17.7 Å².